The first kappa shape index (κ1) is 39.4. The maximum absolute atomic E-state index is 6.48. The van der Waals surface area contributed by atoms with E-state index in [1.54, 1.807) is 17.5 Å². The molecule has 0 aliphatic carbocycles. The van der Waals surface area contributed by atoms with Crippen LogP contribution in [0.5, 0.6) is 5.75 Å². The lowest BCUT2D eigenvalue weighted by Gasteiger charge is -2.36. The van der Waals surface area contributed by atoms with E-state index in [9.17, 15) is 0 Å². The molecule has 2 heterocycles. The largest absolute Gasteiger partial charge is 0.489 e. The van der Waals surface area contributed by atoms with E-state index in [1.165, 1.54) is 17.5 Å². The zero-order chi connectivity index (χ0) is 30.1. The summed E-state index contributed by atoms with van der Waals surface area (Å²) in [6.07, 6.45) is 4.01. The zero-order valence-electron chi connectivity index (χ0n) is 26.3. The van der Waals surface area contributed by atoms with Crippen LogP contribution in [0, 0.1) is 0 Å². The standard InChI is InChI=1S/C22H24ClN3OS2.5C2H6/c1-16(17-5-3-2-4-6-17)26-12-9-18(10-13-26)27-21-8-7-19(15-20(21)23)29-25-22-24-11-14-28-22;5*1-2/h2-8,11,14-16,18H,9-10,12-13H2,1H3,(H,24,25);5*1-2H3. The highest BCUT2D eigenvalue weighted by Crippen LogP contribution is 2.33. The maximum Gasteiger partial charge on any atom is 0.192 e. The van der Waals surface area contributed by atoms with E-state index in [1.807, 2.05) is 92.8 Å². The number of hydrogen-bond acceptors (Lipinski definition) is 6. The molecule has 0 saturated carbocycles. The van der Waals surface area contributed by atoms with Gasteiger partial charge < -0.3 is 9.46 Å². The Bertz CT molecular complexity index is 903. The molecule has 39 heavy (non-hydrogen) atoms. The lowest BCUT2D eigenvalue weighted by Crippen LogP contribution is -2.39. The van der Waals surface area contributed by atoms with Gasteiger partial charge in [0.05, 0.1) is 5.02 Å². The van der Waals surface area contributed by atoms with Gasteiger partial charge in [-0.1, -0.05) is 111 Å². The summed E-state index contributed by atoms with van der Waals surface area (Å²) in [7, 11) is 0. The average molecular weight is 596 g/mol. The van der Waals surface area contributed by atoms with Gasteiger partial charge in [-0.3, -0.25) is 4.90 Å². The van der Waals surface area contributed by atoms with Crippen molar-refractivity contribution in [1.29, 1.82) is 0 Å². The number of rotatable bonds is 7. The van der Waals surface area contributed by atoms with Crippen molar-refractivity contribution in [1.82, 2.24) is 9.88 Å². The monoisotopic (exact) mass is 595 g/mol. The number of anilines is 1. The highest BCUT2D eigenvalue weighted by Gasteiger charge is 2.25. The Labute approximate surface area is 254 Å². The Morgan fingerprint density at radius 2 is 1.51 bits per heavy atom. The van der Waals surface area contributed by atoms with Crippen molar-refractivity contribution < 1.29 is 4.74 Å². The van der Waals surface area contributed by atoms with Gasteiger partial charge in [0.25, 0.3) is 0 Å². The molecule has 0 spiro atoms. The number of hydrogen-bond donors (Lipinski definition) is 1. The van der Waals surface area contributed by atoms with E-state index < -0.39 is 0 Å². The molecule has 1 N–H and O–H groups in total. The maximum atomic E-state index is 6.48. The second kappa shape index (κ2) is 26.5. The molecule has 1 aliphatic rings. The molecule has 1 atom stereocenters. The van der Waals surface area contributed by atoms with Crippen LogP contribution in [0.15, 0.2) is 65.0 Å². The SMILES string of the molecule is CC.CC.CC.CC.CC.CC(c1ccccc1)N1CCC(Oc2ccc(SNc3nccs3)cc2Cl)CC1. The van der Waals surface area contributed by atoms with Crippen LogP contribution in [0.25, 0.3) is 0 Å². The molecular weight excluding hydrogens is 542 g/mol. The van der Waals surface area contributed by atoms with Crippen LogP contribution in [-0.4, -0.2) is 29.1 Å². The van der Waals surface area contributed by atoms with Crippen LogP contribution in [0.4, 0.5) is 5.13 Å². The van der Waals surface area contributed by atoms with Crippen molar-refractivity contribution in [2.24, 2.45) is 0 Å². The summed E-state index contributed by atoms with van der Waals surface area (Å²) in [4.78, 5) is 7.77. The summed E-state index contributed by atoms with van der Waals surface area (Å²) >= 11 is 9.55. The number of likely N-dealkylation sites (tertiary alicyclic amines) is 1. The molecule has 0 bridgehead atoms. The Morgan fingerprint density at radius 1 is 0.923 bits per heavy atom. The Morgan fingerprint density at radius 3 is 2.03 bits per heavy atom. The molecule has 2 aromatic carbocycles. The minimum atomic E-state index is 0.207. The zero-order valence-corrected chi connectivity index (χ0v) is 28.6. The number of nitrogens with zero attached hydrogens (tertiary/aromatic N) is 2. The number of nitrogens with one attached hydrogen (secondary N) is 1. The average Bonchev–Trinajstić information content (AvgIpc) is 3.57. The second-order valence-corrected chi connectivity index (χ2v) is 9.25. The van der Waals surface area contributed by atoms with E-state index in [-0.39, 0.29) is 6.10 Å². The molecule has 0 amide bonds. The predicted octanol–water partition coefficient (Wildman–Crippen LogP) is 11.7. The third kappa shape index (κ3) is 15.0. The van der Waals surface area contributed by atoms with E-state index in [0.717, 1.165) is 41.7 Å². The molecule has 1 unspecified atom stereocenters. The molecule has 222 valence electrons. The number of thiazole rings is 1. The Hall–Kier alpha value is -1.73. The first-order valence-electron chi connectivity index (χ1n) is 14.8. The van der Waals surface area contributed by atoms with E-state index in [2.05, 4.69) is 51.9 Å². The molecule has 4 rings (SSSR count). The van der Waals surface area contributed by atoms with Crippen LogP contribution in [0.3, 0.4) is 0 Å². The van der Waals surface area contributed by atoms with Gasteiger partial charge >= 0.3 is 0 Å². The van der Waals surface area contributed by atoms with E-state index in [4.69, 9.17) is 16.3 Å². The fourth-order valence-electron chi connectivity index (χ4n) is 3.52. The van der Waals surface area contributed by atoms with Crippen molar-refractivity contribution in [3.05, 3.63) is 70.7 Å². The fraction of sp³-hybridized carbons (Fsp3) is 0.531. The molecule has 0 radical (unpaired) electrons. The van der Waals surface area contributed by atoms with Crippen molar-refractivity contribution in [3.63, 3.8) is 0 Å². The smallest absolute Gasteiger partial charge is 0.192 e. The number of benzene rings is 2. The minimum Gasteiger partial charge on any atom is -0.489 e. The van der Waals surface area contributed by atoms with Gasteiger partial charge in [-0.25, -0.2) is 4.98 Å². The molecule has 7 heteroatoms. The normalized spacial score (nSPS) is 13.0. The van der Waals surface area contributed by atoms with Crippen LogP contribution in [0.1, 0.15) is 101 Å². The quantitative estimate of drug-likeness (QED) is 0.275. The predicted molar refractivity (Wildman–Crippen MR) is 180 cm³/mol. The summed E-state index contributed by atoms with van der Waals surface area (Å²) in [6, 6.07) is 17.1. The molecule has 1 aromatic heterocycles. The number of aromatic nitrogens is 1. The topological polar surface area (TPSA) is 37.4 Å². The summed E-state index contributed by atoms with van der Waals surface area (Å²) in [5, 5.41) is 3.47. The molecular formula is C32H54ClN3OS2. The first-order valence-corrected chi connectivity index (χ1v) is 16.8. The number of piperidine rings is 1. The number of halogens is 1. The lowest BCUT2D eigenvalue weighted by atomic mass is 10.0. The second-order valence-electron chi connectivity index (χ2n) is 7.07. The fourth-order valence-corrected chi connectivity index (χ4v) is 5.07. The third-order valence-corrected chi connectivity index (χ3v) is 7.09. The van der Waals surface area contributed by atoms with Crippen LogP contribution in [0.2, 0.25) is 5.02 Å². The van der Waals surface area contributed by atoms with E-state index >= 15 is 0 Å². The third-order valence-electron chi connectivity index (χ3n) is 5.19. The molecule has 1 aliphatic heterocycles. The van der Waals surface area contributed by atoms with Gasteiger partial charge in [-0.05, 0) is 55.5 Å². The Balaban J connectivity index is 0. The highest BCUT2D eigenvalue weighted by atomic mass is 35.5. The Kier molecular flexibility index (Phi) is 26.8. The van der Waals surface area contributed by atoms with Gasteiger partial charge in [-0.2, -0.15) is 0 Å². The molecule has 3 aromatic rings. The van der Waals surface area contributed by atoms with Crippen molar-refractivity contribution >= 4 is 40.0 Å². The summed E-state index contributed by atoms with van der Waals surface area (Å²) in [6.45, 7) is 24.3. The van der Waals surface area contributed by atoms with E-state index in [0.29, 0.717) is 11.1 Å². The van der Waals surface area contributed by atoms with Gasteiger partial charge in [0.15, 0.2) is 5.13 Å². The van der Waals surface area contributed by atoms with Crippen LogP contribution >= 0.6 is 34.9 Å². The van der Waals surface area contributed by atoms with Gasteiger partial charge in [0, 0.05) is 35.6 Å². The van der Waals surface area contributed by atoms with Crippen molar-refractivity contribution in [2.75, 3.05) is 17.8 Å². The molecule has 1 fully saturated rings. The van der Waals surface area contributed by atoms with Crippen molar-refractivity contribution in [2.45, 2.75) is 106 Å². The van der Waals surface area contributed by atoms with Crippen LogP contribution in [-0.2, 0) is 0 Å². The van der Waals surface area contributed by atoms with Crippen molar-refractivity contribution in [3.8, 4) is 5.75 Å². The summed E-state index contributed by atoms with van der Waals surface area (Å²) < 4.78 is 9.44. The molecule has 4 nitrogen and oxygen atoms in total. The first-order chi connectivity index (χ1) is 19.2. The van der Waals surface area contributed by atoms with Crippen LogP contribution < -0.4 is 9.46 Å². The summed E-state index contributed by atoms with van der Waals surface area (Å²) in [5.41, 5.74) is 1.37. The molecule has 1 saturated heterocycles. The lowest BCUT2D eigenvalue weighted by molar-refractivity contribution is 0.0797. The van der Waals surface area contributed by atoms with Gasteiger partial charge in [0.2, 0.25) is 0 Å². The van der Waals surface area contributed by atoms with Gasteiger partial charge in [-0.15, -0.1) is 11.3 Å². The number of ether oxygens (including phenoxy) is 1. The summed E-state index contributed by atoms with van der Waals surface area (Å²) in [5.74, 6) is 0.764. The minimum absolute atomic E-state index is 0.207. The van der Waals surface area contributed by atoms with Gasteiger partial charge in [0.1, 0.15) is 11.9 Å². The highest BCUT2D eigenvalue weighted by molar-refractivity contribution is 8.00.